The molecule has 3 aromatic rings. The average molecular weight is 398 g/mol. The minimum absolute atomic E-state index is 0.0218. The number of halogens is 1. The van der Waals surface area contributed by atoms with Crippen LogP contribution in [0.5, 0.6) is 0 Å². The number of amides is 1. The van der Waals surface area contributed by atoms with Gasteiger partial charge in [0.25, 0.3) is 0 Å². The van der Waals surface area contributed by atoms with Crippen LogP contribution in [-0.4, -0.2) is 31.3 Å². The van der Waals surface area contributed by atoms with E-state index in [2.05, 4.69) is 0 Å². The lowest BCUT2D eigenvalue weighted by Gasteiger charge is -2.10. The van der Waals surface area contributed by atoms with Crippen LogP contribution >= 0.6 is 11.6 Å². The van der Waals surface area contributed by atoms with Gasteiger partial charge >= 0.3 is 5.97 Å². The van der Waals surface area contributed by atoms with Gasteiger partial charge in [-0.15, -0.1) is 0 Å². The SMILES string of the molecule is Cc1c(C(=O)OCC(=O)c2ccc3c(c2)CC(=O)N3C)oc2ccc(Cl)cc12. The summed E-state index contributed by atoms with van der Waals surface area (Å²) >= 11 is 5.98. The number of carbonyl (C=O) groups is 3. The predicted octanol–water partition coefficient (Wildman–Crippen LogP) is 3.95. The third-order valence-electron chi connectivity index (χ3n) is 4.90. The van der Waals surface area contributed by atoms with E-state index in [9.17, 15) is 14.4 Å². The molecule has 2 heterocycles. The summed E-state index contributed by atoms with van der Waals surface area (Å²) in [5.74, 6) is -1.04. The maximum atomic E-state index is 12.4. The second-order valence-corrected chi connectivity index (χ2v) is 7.11. The number of hydrogen-bond acceptors (Lipinski definition) is 5. The Balaban J connectivity index is 1.48. The topological polar surface area (TPSA) is 76.8 Å². The maximum absolute atomic E-state index is 12.4. The van der Waals surface area contributed by atoms with Gasteiger partial charge in [0, 0.05) is 34.3 Å². The van der Waals surface area contributed by atoms with E-state index in [1.165, 1.54) is 0 Å². The first-order valence-electron chi connectivity index (χ1n) is 8.63. The zero-order valence-electron chi connectivity index (χ0n) is 15.2. The molecule has 0 fully saturated rings. The van der Waals surface area contributed by atoms with E-state index < -0.39 is 12.6 Å². The minimum Gasteiger partial charge on any atom is -0.451 e. The third kappa shape index (κ3) is 3.05. The maximum Gasteiger partial charge on any atom is 0.375 e. The number of ether oxygens (including phenoxy) is 1. The molecule has 142 valence electrons. The molecular weight excluding hydrogens is 382 g/mol. The van der Waals surface area contributed by atoms with Crippen LogP contribution < -0.4 is 4.90 Å². The van der Waals surface area contributed by atoms with Crippen molar-refractivity contribution in [1.29, 1.82) is 0 Å². The zero-order chi connectivity index (χ0) is 20.0. The monoisotopic (exact) mass is 397 g/mol. The molecule has 1 amide bonds. The average Bonchev–Trinajstić information content (AvgIpc) is 3.15. The van der Waals surface area contributed by atoms with E-state index in [4.69, 9.17) is 20.8 Å². The molecule has 4 rings (SSSR count). The lowest BCUT2D eigenvalue weighted by Crippen LogP contribution is -2.20. The second kappa shape index (κ2) is 6.80. The van der Waals surface area contributed by atoms with E-state index in [-0.39, 0.29) is 23.9 Å². The summed E-state index contributed by atoms with van der Waals surface area (Å²) in [5, 5.41) is 1.26. The highest BCUT2D eigenvalue weighted by Gasteiger charge is 2.25. The van der Waals surface area contributed by atoms with Crippen molar-refractivity contribution in [3.8, 4) is 0 Å². The van der Waals surface area contributed by atoms with E-state index in [0.717, 1.165) is 16.6 Å². The highest BCUT2D eigenvalue weighted by atomic mass is 35.5. The number of ketones is 1. The van der Waals surface area contributed by atoms with Crippen molar-refractivity contribution in [3.05, 3.63) is 63.9 Å². The van der Waals surface area contributed by atoms with Gasteiger partial charge in [-0.05, 0) is 48.9 Å². The molecule has 1 aliphatic rings. The molecule has 0 saturated heterocycles. The van der Waals surface area contributed by atoms with Gasteiger partial charge in [-0.1, -0.05) is 11.6 Å². The molecule has 2 aromatic carbocycles. The van der Waals surface area contributed by atoms with Crippen LogP contribution in [0.15, 0.2) is 40.8 Å². The Labute approximate surface area is 165 Å². The number of Topliss-reactive ketones (excluding diaryl/α,β-unsaturated/α-hetero) is 1. The number of nitrogens with zero attached hydrogens (tertiary/aromatic N) is 1. The van der Waals surface area contributed by atoms with Crippen LogP contribution in [0.1, 0.15) is 32.0 Å². The molecule has 0 spiro atoms. The van der Waals surface area contributed by atoms with E-state index >= 15 is 0 Å². The van der Waals surface area contributed by atoms with E-state index in [1.807, 2.05) is 0 Å². The van der Waals surface area contributed by atoms with Gasteiger partial charge < -0.3 is 14.1 Å². The largest absolute Gasteiger partial charge is 0.451 e. The summed E-state index contributed by atoms with van der Waals surface area (Å²) in [6.07, 6.45) is 0.257. The molecule has 0 aliphatic carbocycles. The molecule has 1 aromatic heterocycles. The fourth-order valence-electron chi connectivity index (χ4n) is 3.31. The van der Waals surface area contributed by atoms with Crippen LogP contribution in [0.25, 0.3) is 11.0 Å². The summed E-state index contributed by atoms with van der Waals surface area (Å²) in [4.78, 5) is 38.1. The molecule has 0 unspecified atom stereocenters. The molecule has 0 N–H and O–H groups in total. The molecule has 1 aliphatic heterocycles. The van der Waals surface area contributed by atoms with E-state index in [0.29, 0.717) is 21.7 Å². The number of likely N-dealkylation sites (N-methyl/N-ethyl adjacent to an activating group) is 1. The number of fused-ring (bicyclic) bond motifs is 2. The van der Waals surface area contributed by atoms with Crippen LogP contribution in [0.3, 0.4) is 0 Å². The second-order valence-electron chi connectivity index (χ2n) is 6.67. The molecule has 0 radical (unpaired) electrons. The molecule has 0 saturated carbocycles. The van der Waals surface area contributed by atoms with Gasteiger partial charge in [0.1, 0.15) is 5.58 Å². The number of esters is 1. The molecule has 0 bridgehead atoms. The Morgan fingerprint density at radius 3 is 2.79 bits per heavy atom. The highest BCUT2D eigenvalue weighted by Crippen LogP contribution is 2.29. The Kier molecular flexibility index (Phi) is 4.43. The fourth-order valence-corrected chi connectivity index (χ4v) is 3.48. The summed E-state index contributed by atoms with van der Waals surface area (Å²) in [6, 6.07) is 10.1. The summed E-state index contributed by atoms with van der Waals surface area (Å²) in [5.41, 5.74) is 3.09. The van der Waals surface area contributed by atoms with Crippen molar-refractivity contribution in [3.63, 3.8) is 0 Å². The molecule has 6 nitrogen and oxygen atoms in total. The smallest absolute Gasteiger partial charge is 0.375 e. The Morgan fingerprint density at radius 2 is 2.00 bits per heavy atom. The standard InChI is InChI=1S/C21H16ClNO5/c1-11-15-9-14(22)4-6-18(15)28-20(11)21(26)27-10-17(24)12-3-5-16-13(7-12)8-19(25)23(16)2/h3-7,9H,8,10H2,1-2H3. The normalized spacial score (nSPS) is 13.1. The number of benzene rings is 2. The third-order valence-corrected chi connectivity index (χ3v) is 5.13. The number of rotatable bonds is 4. The highest BCUT2D eigenvalue weighted by molar-refractivity contribution is 6.31. The Morgan fingerprint density at radius 1 is 1.21 bits per heavy atom. The minimum atomic E-state index is -0.714. The first-order valence-corrected chi connectivity index (χ1v) is 9.01. The van der Waals surface area contributed by atoms with Gasteiger partial charge in [-0.2, -0.15) is 0 Å². The number of hydrogen-bond donors (Lipinski definition) is 0. The van der Waals surface area contributed by atoms with Crippen molar-refractivity contribution in [1.82, 2.24) is 0 Å². The number of anilines is 1. The molecule has 0 atom stereocenters. The fraction of sp³-hybridized carbons (Fsp3) is 0.190. The van der Waals surface area contributed by atoms with Gasteiger partial charge in [0.05, 0.1) is 6.42 Å². The van der Waals surface area contributed by atoms with Gasteiger partial charge in [-0.25, -0.2) is 4.79 Å². The van der Waals surface area contributed by atoms with Gasteiger partial charge in [0.15, 0.2) is 12.4 Å². The first kappa shape index (κ1) is 18.3. The lowest BCUT2D eigenvalue weighted by atomic mass is 10.1. The number of aryl methyl sites for hydroxylation is 1. The Hall–Kier alpha value is -3.12. The predicted molar refractivity (Wildman–Crippen MR) is 104 cm³/mol. The van der Waals surface area contributed by atoms with Crippen LogP contribution in [0.4, 0.5) is 5.69 Å². The van der Waals surface area contributed by atoms with Crippen molar-refractivity contribution >= 4 is 45.9 Å². The summed E-state index contributed by atoms with van der Waals surface area (Å²) < 4.78 is 10.7. The Bertz CT molecular complexity index is 1150. The van der Waals surface area contributed by atoms with Crippen LogP contribution in [-0.2, 0) is 16.0 Å². The molecule has 28 heavy (non-hydrogen) atoms. The van der Waals surface area contributed by atoms with Crippen molar-refractivity contribution in [2.45, 2.75) is 13.3 Å². The number of furan rings is 1. The first-order chi connectivity index (χ1) is 13.3. The van der Waals surface area contributed by atoms with E-state index in [1.54, 1.807) is 55.3 Å². The summed E-state index contributed by atoms with van der Waals surface area (Å²) in [6.45, 7) is 1.31. The zero-order valence-corrected chi connectivity index (χ0v) is 16.0. The molecular formula is C21H16ClNO5. The van der Waals surface area contributed by atoms with Crippen LogP contribution in [0.2, 0.25) is 5.02 Å². The van der Waals surface area contributed by atoms with Crippen molar-refractivity contribution < 1.29 is 23.5 Å². The van der Waals surface area contributed by atoms with Crippen molar-refractivity contribution in [2.75, 3.05) is 18.6 Å². The van der Waals surface area contributed by atoms with Gasteiger partial charge in [-0.3, -0.25) is 9.59 Å². The van der Waals surface area contributed by atoms with Crippen molar-refractivity contribution in [2.24, 2.45) is 0 Å². The number of carbonyl (C=O) groups excluding carboxylic acids is 3. The molecule has 7 heteroatoms. The quantitative estimate of drug-likeness (QED) is 0.492. The summed E-state index contributed by atoms with van der Waals surface area (Å²) in [7, 11) is 1.69. The van der Waals surface area contributed by atoms with Crippen LogP contribution in [0, 0.1) is 6.92 Å². The lowest BCUT2D eigenvalue weighted by molar-refractivity contribution is -0.117. The van der Waals surface area contributed by atoms with Gasteiger partial charge in [0.2, 0.25) is 11.7 Å².